The van der Waals surface area contributed by atoms with E-state index in [1.807, 2.05) is 0 Å². The molecule has 1 aliphatic rings. The number of aromatic nitrogens is 2. The molecule has 9 heteroatoms. The van der Waals surface area contributed by atoms with Gasteiger partial charge in [-0.2, -0.15) is 13.2 Å². The monoisotopic (exact) mass is 370 g/mol. The number of amides is 1. The quantitative estimate of drug-likeness (QED) is 0.887. The Labute approximate surface area is 146 Å². The minimum atomic E-state index is -4.60. The summed E-state index contributed by atoms with van der Waals surface area (Å²) in [5.41, 5.74) is -1.01. The van der Waals surface area contributed by atoms with Gasteiger partial charge in [0, 0.05) is 18.8 Å². The first-order chi connectivity index (χ1) is 11.8. The fourth-order valence-corrected chi connectivity index (χ4v) is 2.79. The average Bonchev–Trinajstić information content (AvgIpc) is 3.10. The van der Waals surface area contributed by atoms with Crippen LogP contribution in [0, 0.1) is 0 Å². The number of hydrogen-bond donors (Lipinski definition) is 1. The zero-order valence-corrected chi connectivity index (χ0v) is 13.7. The topological polar surface area (TPSA) is 58.1 Å². The summed E-state index contributed by atoms with van der Waals surface area (Å²) in [4.78, 5) is 22.4. The summed E-state index contributed by atoms with van der Waals surface area (Å²) in [6.45, 7) is 1.79. The Morgan fingerprint density at radius 3 is 2.48 bits per heavy atom. The number of carbonyl (C=O) groups excluding carboxylic acids is 1. The van der Waals surface area contributed by atoms with Crippen LogP contribution in [0.3, 0.4) is 0 Å². The Balaban J connectivity index is 1.74. The van der Waals surface area contributed by atoms with Gasteiger partial charge in [0.1, 0.15) is 11.5 Å². The van der Waals surface area contributed by atoms with E-state index in [4.69, 9.17) is 11.6 Å². The van der Waals surface area contributed by atoms with E-state index in [1.165, 1.54) is 18.5 Å². The number of nitrogens with zero attached hydrogens (tertiary/aromatic N) is 3. The normalized spacial score (nSPS) is 14.6. The molecule has 1 fully saturated rings. The first-order valence-corrected chi connectivity index (χ1v) is 7.97. The van der Waals surface area contributed by atoms with Gasteiger partial charge < -0.3 is 10.2 Å². The molecule has 0 spiro atoms. The summed E-state index contributed by atoms with van der Waals surface area (Å²) in [5.74, 6) is 0.0378. The highest BCUT2D eigenvalue weighted by atomic mass is 35.5. The zero-order valence-electron chi connectivity index (χ0n) is 13.0. The van der Waals surface area contributed by atoms with Gasteiger partial charge >= 0.3 is 6.18 Å². The SMILES string of the molecule is O=C(Nc1ccc(Cl)c(C(F)(F)F)c1)c1cnc(N2CCCC2)cn1. The lowest BCUT2D eigenvalue weighted by molar-refractivity contribution is -0.137. The number of anilines is 2. The molecule has 1 aliphatic heterocycles. The minimum Gasteiger partial charge on any atom is -0.355 e. The molecule has 132 valence electrons. The number of nitrogens with one attached hydrogen (secondary N) is 1. The lowest BCUT2D eigenvalue weighted by Gasteiger charge is -2.15. The molecule has 0 bridgehead atoms. The fraction of sp³-hybridized carbons (Fsp3) is 0.312. The van der Waals surface area contributed by atoms with Crippen LogP contribution in [0.2, 0.25) is 5.02 Å². The van der Waals surface area contributed by atoms with Crippen LogP contribution >= 0.6 is 11.6 Å². The van der Waals surface area contributed by atoms with E-state index in [1.54, 1.807) is 0 Å². The van der Waals surface area contributed by atoms with Crippen molar-refractivity contribution in [3.05, 3.63) is 46.9 Å². The van der Waals surface area contributed by atoms with Crippen LogP contribution in [-0.2, 0) is 6.18 Å². The van der Waals surface area contributed by atoms with Crippen LogP contribution < -0.4 is 10.2 Å². The Bertz CT molecular complexity index is 774. The molecule has 1 amide bonds. The largest absolute Gasteiger partial charge is 0.417 e. The van der Waals surface area contributed by atoms with E-state index in [9.17, 15) is 18.0 Å². The van der Waals surface area contributed by atoms with Crippen molar-refractivity contribution >= 4 is 29.0 Å². The lowest BCUT2D eigenvalue weighted by Crippen LogP contribution is -2.20. The van der Waals surface area contributed by atoms with E-state index in [0.29, 0.717) is 5.82 Å². The number of halogens is 4. The third kappa shape index (κ3) is 4.01. The second-order valence-corrected chi connectivity index (χ2v) is 6.01. The van der Waals surface area contributed by atoms with Crippen LogP contribution in [-0.4, -0.2) is 29.0 Å². The molecular formula is C16H14ClF3N4O. The molecule has 0 radical (unpaired) electrons. The van der Waals surface area contributed by atoms with E-state index < -0.39 is 22.7 Å². The van der Waals surface area contributed by atoms with Gasteiger partial charge in [0.25, 0.3) is 5.91 Å². The Morgan fingerprint density at radius 1 is 1.16 bits per heavy atom. The van der Waals surface area contributed by atoms with E-state index in [2.05, 4.69) is 20.2 Å². The van der Waals surface area contributed by atoms with E-state index in [0.717, 1.165) is 38.1 Å². The van der Waals surface area contributed by atoms with Gasteiger partial charge in [-0.15, -0.1) is 0 Å². The summed E-state index contributed by atoms with van der Waals surface area (Å²) >= 11 is 5.55. The third-order valence-electron chi connectivity index (χ3n) is 3.83. The molecule has 1 saturated heterocycles. The van der Waals surface area contributed by atoms with Crippen molar-refractivity contribution in [3.63, 3.8) is 0 Å². The molecule has 0 unspecified atom stereocenters. The maximum atomic E-state index is 12.9. The Morgan fingerprint density at radius 2 is 1.88 bits per heavy atom. The van der Waals surface area contributed by atoms with Crippen LogP contribution in [0.5, 0.6) is 0 Å². The molecule has 2 heterocycles. The Hall–Kier alpha value is -2.35. The maximum absolute atomic E-state index is 12.9. The van der Waals surface area contributed by atoms with Gasteiger partial charge in [-0.25, -0.2) is 9.97 Å². The molecule has 1 N–H and O–H groups in total. The molecule has 3 rings (SSSR count). The molecule has 25 heavy (non-hydrogen) atoms. The predicted octanol–water partition coefficient (Wildman–Crippen LogP) is 4.00. The zero-order chi connectivity index (χ0) is 18.0. The van der Waals surface area contributed by atoms with Crippen LogP contribution in [0.15, 0.2) is 30.6 Å². The number of alkyl halides is 3. The minimum absolute atomic E-state index is 0.0199. The molecule has 1 aromatic carbocycles. The lowest BCUT2D eigenvalue weighted by atomic mass is 10.2. The maximum Gasteiger partial charge on any atom is 0.417 e. The van der Waals surface area contributed by atoms with Gasteiger partial charge in [0.2, 0.25) is 0 Å². The first-order valence-electron chi connectivity index (χ1n) is 7.60. The standard InChI is InChI=1S/C16H14ClF3N4O/c17-12-4-3-10(7-11(12)16(18,19)20)23-15(25)13-8-22-14(9-21-13)24-5-1-2-6-24/h3-4,7-9H,1-2,5-6H2,(H,23,25). The van der Waals surface area contributed by atoms with Crippen LogP contribution in [0.25, 0.3) is 0 Å². The second kappa shape index (κ2) is 6.87. The van der Waals surface area contributed by atoms with Crippen LogP contribution in [0.4, 0.5) is 24.7 Å². The van der Waals surface area contributed by atoms with Crippen molar-refractivity contribution in [3.8, 4) is 0 Å². The van der Waals surface area contributed by atoms with Gasteiger partial charge in [0.05, 0.1) is 23.0 Å². The predicted molar refractivity (Wildman–Crippen MR) is 87.9 cm³/mol. The first kappa shape index (κ1) is 17.5. The summed E-state index contributed by atoms with van der Waals surface area (Å²) in [7, 11) is 0. The number of benzene rings is 1. The van der Waals surface area contributed by atoms with Crippen molar-refractivity contribution in [2.24, 2.45) is 0 Å². The molecule has 0 atom stereocenters. The highest BCUT2D eigenvalue weighted by molar-refractivity contribution is 6.31. The third-order valence-corrected chi connectivity index (χ3v) is 4.16. The average molecular weight is 371 g/mol. The molecular weight excluding hydrogens is 357 g/mol. The Kier molecular flexibility index (Phi) is 4.80. The highest BCUT2D eigenvalue weighted by Gasteiger charge is 2.33. The summed E-state index contributed by atoms with van der Waals surface area (Å²) in [5, 5.41) is 1.94. The van der Waals surface area contributed by atoms with Crippen molar-refractivity contribution < 1.29 is 18.0 Å². The van der Waals surface area contributed by atoms with Gasteiger partial charge in [0.15, 0.2) is 0 Å². The molecule has 0 aliphatic carbocycles. The van der Waals surface area contributed by atoms with Crippen LogP contribution in [0.1, 0.15) is 28.9 Å². The highest BCUT2D eigenvalue weighted by Crippen LogP contribution is 2.36. The second-order valence-electron chi connectivity index (χ2n) is 5.60. The number of carbonyl (C=O) groups is 1. The molecule has 0 saturated carbocycles. The van der Waals surface area contributed by atoms with Crippen molar-refractivity contribution in [2.75, 3.05) is 23.3 Å². The summed E-state index contributed by atoms with van der Waals surface area (Å²) < 4.78 is 38.6. The fourth-order valence-electron chi connectivity index (χ4n) is 2.56. The molecule has 1 aromatic heterocycles. The van der Waals surface area contributed by atoms with Gasteiger partial charge in [-0.1, -0.05) is 11.6 Å². The summed E-state index contributed by atoms with van der Waals surface area (Å²) in [6, 6.07) is 3.16. The van der Waals surface area contributed by atoms with Gasteiger partial charge in [-0.05, 0) is 31.0 Å². The van der Waals surface area contributed by atoms with Gasteiger partial charge in [-0.3, -0.25) is 4.79 Å². The van der Waals surface area contributed by atoms with E-state index in [-0.39, 0.29) is 11.4 Å². The number of hydrogen-bond acceptors (Lipinski definition) is 4. The van der Waals surface area contributed by atoms with Crippen molar-refractivity contribution in [1.29, 1.82) is 0 Å². The number of rotatable bonds is 3. The van der Waals surface area contributed by atoms with E-state index >= 15 is 0 Å². The molecule has 2 aromatic rings. The summed E-state index contributed by atoms with van der Waals surface area (Å²) in [6.07, 6.45) is 0.367. The smallest absolute Gasteiger partial charge is 0.355 e. The van der Waals surface area contributed by atoms with Crippen molar-refractivity contribution in [2.45, 2.75) is 19.0 Å². The molecule has 5 nitrogen and oxygen atoms in total. The van der Waals surface area contributed by atoms with Crippen molar-refractivity contribution in [1.82, 2.24) is 9.97 Å².